The van der Waals surface area contributed by atoms with E-state index in [-0.39, 0.29) is 31.8 Å². The summed E-state index contributed by atoms with van der Waals surface area (Å²) in [6.07, 6.45) is 4.63. The molecule has 0 saturated carbocycles. The Bertz CT molecular complexity index is 502. The minimum Gasteiger partial charge on any atom is -0.459 e. The van der Waals surface area contributed by atoms with Crippen molar-refractivity contribution in [3.8, 4) is 0 Å². The minimum absolute atomic E-state index is 0.106. The van der Waals surface area contributed by atoms with Gasteiger partial charge in [0.25, 0.3) is 0 Å². The number of carbonyl (C=O) groups excluding carboxylic acids is 1. The average Bonchev–Trinajstić information content (AvgIpc) is 2.58. The van der Waals surface area contributed by atoms with Gasteiger partial charge in [-0.1, -0.05) is 46.6 Å². The Balaban J connectivity index is 2.19. The summed E-state index contributed by atoms with van der Waals surface area (Å²) < 4.78 is 5.10. The van der Waals surface area contributed by atoms with Crippen LogP contribution in [0.1, 0.15) is 85.5 Å². The number of aliphatic hydroxyl groups excluding tert-OH is 4. The zero-order valence-corrected chi connectivity index (χ0v) is 18.6. The molecule has 0 bridgehead atoms. The number of rotatable bonds is 14. The molecule has 0 aromatic rings. The van der Waals surface area contributed by atoms with E-state index in [1.54, 1.807) is 6.08 Å². The normalized spacial score (nSPS) is 21.7. The number of ether oxygens (including phenoxy) is 1. The highest BCUT2D eigenvalue weighted by Gasteiger charge is 2.24. The van der Waals surface area contributed by atoms with Crippen LogP contribution in [0.2, 0.25) is 0 Å². The van der Waals surface area contributed by atoms with Crippen molar-refractivity contribution in [1.29, 1.82) is 0 Å². The molecule has 0 aliphatic carbocycles. The zero-order chi connectivity index (χ0) is 22.0. The second-order valence-corrected chi connectivity index (χ2v) is 9.64. The molecule has 1 aliphatic rings. The van der Waals surface area contributed by atoms with E-state index in [1.807, 2.05) is 0 Å². The smallest absolute Gasteiger partial charge is 0.330 e. The fraction of sp³-hybridized carbons (Fsp3) is 0.870. The summed E-state index contributed by atoms with van der Waals surface area (Å²) in [6.45, 7) is 8.99. The lowest BCUT2D eigenvalue weighted by Crippen LogP contribution is -2.29. The molecule has 1 aliphatic heterocycles. The Kier molecular flexibility index (Phi) is 11.4. The molecule has 6 nitrogen and oxygen atoms in total. The van der Waals surface area contributed by atoms with Gasteiger partial charge in [0.2, 0.25) is 0 Å². The summed E-state index contributed by atoms with van der Waals surface area (Å²) in [5, 5.41) is 40.5. The molecule has 5 atom stereocenters. The van der Waals surface area contributed by atoms with Crippen LogP contribution >= 0.6 is 0 Å². The summed E-state index contributed by atoms with van der Waals surface area (Å²) >= 11 is 0. The molecule has 5 unspecified atom stereocenters. The standard InChI is InChI=1S/C23H42O6/c1-16(2)23(3,4)11-6-5-8-17(24)12-18(25)13-19(26)14-20(27)15-21-9-7-10-22(28)29-21/h7,10,16-21,24-27H,5-6,8-9,11-15H2,1-4H3. The molecule has 6 heteroatoms. The van der Waals surface area contributed by atoms with Crippen LogP contribution < -0.4 is 0 Å². The molecule has 0 saturated heterocycles. The Hall–Kier alpha value is -0.950. The highest BCUT2D eigenvalue weighted by molar-refractivity contribution is 5.82. The Morgan fingerprint density at radius 1 is 1.00 bits per heavy atom. The van der Waals surface area contributed by atoms with E-state index < -0.39 is 30.4 Å². The predicted molar refractivity (Wildman–Crippen MR) is 113 cm³/mol. The van der Waals surface area contributed by atoms with Crippen LogP contribution in [0.3, 0.4) is 0 Å². The number of esters is 1. The van der Waals surface area contributed by atoms with Gasteiger partial charge in [-0.15, -0.1) is 0 Å². The van der Waals surface area contributed by atoms with Gasteiger partial charge < -0.3 is 25.2 Å². The van der Waals surface area contributed by atoms with Gasteiger partial charge in [-0.3, -0.25) is 0 Å². The molecule has 0 radical (unpaired) electrons. The highest BCUT2D eigenvalue weighted by Crippen LogP contribution is 2.32. The van der Waals surface area contributed by atoms with Gasteiger partial charge in [0, 0.05) is 18.9 Å². The lowest BCUT2D eigenvalue weighted by atomic mass is 9.77. The molecule has 0 amide bonds. The highest BCUT2D eigenvalue weighted by atomic mass is 16.5. The van der Waals surface area contributed by atoms with Crippen molar-refractivity contribution in [3.05, 3.63) is 12.2 Å². The number of hydrogen-bond acceptors (Lipinski definition) is 6. The summed E-state index contributed by atoms with van der Waals surface area (Å²) in [7, 11) is 0. The molecule has 1 rings (SSSR count). The Morgan fingerprint density at radius 3 is 2.17 bits per heavy atom. The third kappa shape index (κ3) is 11.1. The second-order valence-electron chi connectivity index (χ2n) is 9.64. The molecule has 1 heterocycles. The van der Waals surface area contributed by atoms with E-state index in [0.29, 0.717) is 24.2 Å². The van der Waals surface area contributed by atoms with Crippen molar-refractivity contribution >= 4 is 5.97 Å². The topological polar surface area (TPSA) is 107 Å². The summed E-state index contributed by atoms with van der Waals surface area (Å²) in [5.74, 6) is 0.207. The van der Waals surface area contributed by atoms with E-state index in [0.717, 1.165) is 19.3 Å². The van der Waals surface area contributed by atoms with E-state index in [9.17, 15) is 25.2 Å². The van der Waals surface area contributed by atoms with Crippen molar-refractivity contribution < 1.29 is 30.0 Å². The lowest BCUT2D eigenvalue weighted by molar-refractivity contribution is -0.145. The number of unbranched alkanes of at least 4 members (excludes halogenated alkanes) is 1. The molecule has 29 heavy (non-hydrogen) atoms. The predicted octanol–water partition coefficient (Wildman–Crippen LogP) is 3.10. The molecule has 0 fully saturated rings. The van der Waals surface area contributed by atoms with Crippen LogP contribution in [-0.2, 0) is 9.53 Å². The molecule has 170 valence electrons. The molecular weight excluding hydrogens is 372 g/mol. The fourth-order valence-electron chi connectivity index (χ4n) is 3.61. The maximum atomic E-state index is 11.2. The first kappa shape index (κ1) is 26.1. The summed E-state index contributed by atoms with van der Waals surface area (Å²) in [5.41, 5.74) is 0.293. The monoisotopic (exact) mass is 414 g/mol. The van der Waals surface area contributed by atoms with Gasteiger partial charge in [0.1, 0.15) is 6.10 Å². The number of cyclic esters (lactones) is 1. The first-order valence-corrected chi connectivity index (χ1v) is 11.1. The number of hydrogen-bond donors (Lipinski definition) is 4. The van der Waals surface area contributed by atoms with Gasteiger partial charge in [0.15, 0.2) is 0 Å². The number of carbonyl (C=O) groups is 1. The van der Waals surface area contributed by atoms with Crippen LogP contribution in [0.25, 0.3) is 0 Å². The lowest BCUT2D eigenvalue weighted by Gasteiger charge is -2.29. The molecule has 4 N–H and O–H groups in total. The quantitative estimate of drug-likeness (QED) is 0.257. The van der Waals surface area contributed by atoms with E-state index in [1.165, 1.54) is 6.08 Å². The van der Waals surface area contributed by atoms with Crippen LogP contribution in [0, 0.1) is 11.3 Å². The van der Waals surface area contributed by atoms with Crippen LogP contribution in [0.5, 0.6) is 0 Å². The van der Waals surface area contributed by atoms with Gasteiger partial charge in [0.05, 0.1) is 24.4 Å². The summed E-state index contributed by atoms with van der Waals surface area (Å²) in [4.78, 5) is 11.2. The van der Waals surface area contributed by atoms with Gasteiger partial charge in [-0.25, -0.2) is 4.79 Å². The van der Waals surface area contributed by atoms with Gasteiger partial charge in [-0.2, -0.15) is 0 Å². The Morgan fingerprint density at radius 2 is 1.59 bits per heavy atom. The van der Waals surface area contributed by atoms with E-state index >= 15 is 0 Å². The third-order valence-corrected chi connectivity index (χ3v) is 6.27. The SMILES string of the molecule is CC(C)C(C)(C)CCCCC(O)CC(O)CC(O)CC(O)CC1CC=CC(=O)O1. The number of aliphatic hydroxyl groups is 4. The second kappa shape index (κ2) is 12.7. The van der Waals surface area contributed by atoms with Gasteiger partial charge >= 0.3 is 5.97 Å². The van der Waals surface area contributed by atoms with Crippen molar-refractivity contribution in [3.63, 3.8) is 0 Å². The fourth-order valence-corrected chi connectivity index (χ4v) is 3.61. The van der Waals surface area contributed by atoms with E-state index in [2.05, 4.69) is 27.7 Å². The van der Waals surface area contributed by atoms with Crippen molar-refractivity contribution in [1.82, 2.24) is 0 Å². The van der Waals surface area contributed by atoms with Crippen LogP contribution in [0.15, 0.2) is 12.2 Å². The van der Waals surface area contributed by atoms with Crippen molar-refractivity contribution in [2.45, 2.75) is 116 Å². The largest absolute Gasteiger partial charge is 0.459 e. The maximum Gasteiger partial charge on any atom is 0.330 e. The zero-order valence-electron chi connectivity index (χ0n) is 18.6. The van der Waals surface area contributed by atoms with Crippen LogP contribution in [-0.4, -0.2) is 56.9 Å². The van der Waals surface area contributed by atoms with Crippen molar-refractivity contribution in [2.75, 3.05) is 0 Å². The first-order valence-electron chi connectivity index (χ1n) is 11.1. The summed E-state index contributed by atoms with van der Waals surface area (Å²) in [6, 6.07) is 0. The minimum atomic E-state index is -0.867. The third-order valence-electron chi connectivity index (χ3n) is 6.27. The Labute approximate surface area is 176 Å². The van der Waals surface area contributed by atoms with Crippen molar-refractivity contribution in [2.24, 2.45) is 11.3 Å². The average molecular weight is 415 g/mol. The maximum absolute atomic E-state index is 11.2. The molecule has 0 aromatic carbocycles. The molecular formula is C23H42O6. The van der Waals surface area contributed by atoms with Gasteiger partial charge in [-0.05, 0) is 43.4 Å². The van der Waals surface area contributed by atoms with E-state index in [4.69, 9.17) is 4.74 Å². The van der Waals surface area contributed by atoms with Crippen LogP contribution in [0.4, 0.5) is 0 Å². The molecule has 0 spiro atoms. The molecule has 0 aromatic heterocycles. The first-order chi connectivity index (χ1) is 13.5.